The minimum Gasteiger partial charge on any atom is -0.487 e. The summed E-state index contributed by atoms with van der Waals surface area (Å²) in [6.07, 6.45) is -0.729. The van der Waals surface area contributed by atoms with Gasteiger partial charge in [0.25, 0.3) is 0 Å². The topological polar surface area (TPSA) is 50.7 Å². The van der Waals surface area contributed by atoms with Crippen LogP contribution in [0.3, 0.4) is 0 Å². The molecule has 1 aromatic rings. The first-order chi connectivity index (χ1) is 9.04. The van der Waals surface area contributed by atoms with Crippen molar-refractivity contribution >= 4 is 0 Å². The second kappa shape index (κ2) is 8.09. The third-order valence-corrected chi connectivity index (χ3v) is 2.46. The number of para-hydroxylation sites is 1. The number of nitrogens with one attached hydrogen (secondary N) is 1. The van der Waals surface area contributed by atoms with Crippen LogP contribution in [-0.2, 0) is 11.3 Å². The molecule has 108 valence electrons. The summed E-state index contributed by atoms with van der Waals surface area (Å²) in [6, 6.07) is 4.75. The van der Waals surface area contributed by atoms with Crippen LogP contribution in [0.2, 0.25) is 0 Å². The number of hydrogen-bond donors (Lipinski definition) is 2. The van der Waals surface area contributed by atoms with Gasteiger partial charge in [0.05, 0.1) is 12.7 Å². The smallest absolute Gasteiger partial charge is 0.165 e. The Morgan fingerprint density at radius 3 is 2.68 bits per heavy atom. The lowest BCUT2D eigenvalue weighted by Crippen LogP contribution is -2.25. The lowest BCUT2D eigenvalue weighted by atomic mass is 10.2. The van der Waals surface area contributed by atoms with Gasteiger partial charge in [-0.25, -0.2) is 4.39 Å². The van der Waals surface area contributed by atoms with Crippen molar-refractivity contribution in [2.45, 2.75) is 32.6 Å². The Kier molecular flexibility index (Phi) is 6.77. The average molecular weight is 271 g/mol. The highest BCUT2D eigenvalue weighted by Gasteiger charge is 2.12. The lowest BCUT2D eigenvalue weighted by Gasteiger charge is -2.16. The van der Waals surface area contributed by atoms with Crippen molar-refractivity contribution in [1.29, 1.82) is 0 Å². The molecule has 0 radical (unpaired) electrons. The molecule has 0 aliphatic carbocycles. The first-order valence-corrected chi connectivity index (χ1v) is 6.39. The van der Waals surface area contributed by atoms with Crippen LogP contribution < -0.4 is 10.1 Å². The highest BCUT2D eigenvalue weighted by molar-refractivity contribution is 5.34. The summed E-state index contributed by atoms with van der Waals surface area (Å²) in [4.78, 5) is 0. The van der Waals surface area contributed by atoms with Crippen molar-refractivity contribution in [3.63, 3.8) is 0 Å². The van der Waals surface area contributed by atoms with Crippen molar-refractivity contribution in [1.82, 2.24) is 5.32 Å². The Labute approximate surface area is 113 Å². The Balaban J connectivity index is 2.56. The molecule has 1 rings (SSSR count). The van der Waals surface area contributed by atoms with E-state index in [4.69, 9.17) is 9.47 Å². The lowest BCUT2D eigenvalue weighted by molar-refractivity contribution is -0.0129. The highest BCUT2D eigenvalue weighted by atomic mass is 19.1. The fourth-order valence-corrected chi connectivity index (χ4v) is 1.58. The predicted molar refractivity (Wildman–Crippen MR) is 71.8 cm³/mol. The molecule has 1 unspecified atom stereocenters. The van der Waals surface area contributed by atoms with Gasteiger partial charge in [-0.3, -0.25) is 0 Å². The molecule has 0 aliphatic rings. The number of rotatable bonds is 8. The number of hydrogen-bond acceptors (Lipinski definition) is 4. The van der Waals surface area contributed by atoms with Gasteiger partial charge >= 0.3 is 0 Å². The summed E-state index contributed by atoms with van der Waals surface area (Å²) >= 11 is 0. The molecular formula is C14H22FNO3. The molecular weight excluding hydrogens is 249 g/mol. The number of ether oxygens (including phenoxy) is 2. The van der Waals surface area contributed by atoms with E-state index in [-0.39, 0.29) is 25.1 Å². The standard InChI is InChI=1S/C14H22FNO3/c1-10(2)18-8-12(17)9-19-14-11(7-16-3)5-4-6-13(14)15/h4-6,10,12,16-17H,7-9H2,1-3H3. The van der Waals surface area contributed by atoms with Crippen LogP contribution in [-0.4, -0.2) is 37.6 Å². The van der Waals surface area contributed by atoms with Crippen molar-refractivity contribution in [3.8, 4) is 5.75 Å². The normalized spacial score (nSPS) is 12.7. The molecule has 0 saturated carbocycles. The van der Waals surface area contributed by atoms with Gasteiger partial charge in [0.15, 0.2) is 11.6 Å². The first-order valence-electron chi connectivity index (χ1n) is 6.39. The zero-order chi connectivity index (χ0) is 14.3. The largest absolute Gasteiger partial charge is 0.487 e. The maximum absolute atomic E-state index is 13.7. The third kappa shape index (κ3) is 5.55. The second-order valence-corrected chi connectivity index (χ2v) is 4.61. The molecule has 2 N–H and O–H groups in total. The number of aliphatic hydroxyl groups excluding tert-OH is 1. The van der Waals surface area contributed by atoms with E-state index >= 15 is 0 Å². The van der Waals surface area contributed by atoms with Gasteiger partial charge < -0.3 is 19.9 Å². The summed E-state index contributed by atoms with van der Waals surface area (Å²) in [5.41, 5.74) is 0.722. The maximum atomic E-state index is 13.7. The van der Waals surface area contributed by atoms with E-state index in [0.717, 1.165) is 5.56 Å². The molecule has 0 saturated heterocycles. The van der Waals surface area contributed by atoms with Crippen LogP contribution in [0.25, 0.3) is 0 Å². The zero-order valence-electron chi connectivity index (χ0n) is 11.6. The van der Waals surface area contributed by atoms with E-state index in [0.29, 0.717) is 6.54 Å². The molecule has 5 heteroatoms. The number of benzene rings is 1. The molecule has 1 atom stereocenters. The van der Waals surface area contributed by atoms with E-state index in [1.807, 2.05) is 13.8 Å². The van der Waals surface area contributed by atoms with Crippen LogP contribution in [0, 0.1) is 5.82 Å². The SMILES string of the molecule is CNCc1cccc(F)c1OCC(O)COC(C)C. The average Bonchev–Trinajstić information content (AvgIpc) is 2.36. The molecule has 0 aliphatic heterocycles. The van der Waals surface area contributed by atoms with Crippen LogP contribution in [0.15, 0.2) is 18.2 Å². The molecule has 0 amide bonds. The van der Waals surface area contributed by atoms with Crippen molar-refractivity contribution in [2.75, 3.05) is 20.3 Å². The van der Waals surface area contributed by atoms with Gasteiger partial charge in [0.2, 0.25) is 0 Å². The van der Waals surface area contributed by atoms with Gasteiger partial charge in [0, 0.05) is 12.1 Å². The van der Waals surface area contributed by atoms with E-state index < -0.39 is 11.9 Å². The van der Waals surface area contributed by atoms with E-state index in [9.17, 15) is 9.50 Å². The Morgan fingerprint density at radius 2 is 2.05 bits per heavy atom. The van der Waals surface area contributed by atoms with E-state index in [1.165, 1.54) is 6.07 Å². The fraction of sp³-hybridized carbons (Fsp3) is 0.571. The summed E-state index contributed by atoms with van der Waals surface area (Å²) < 4.78 is 24.3. The highest BCUT2D eigenvalue weighted by Crippen LogP contribution is 2.22. The molecule has 0 aromatic heterocycles. The van der Waals surface area contributed by atoms with Crippen LogP contribution in [0.5, 0.6) is 5.75 Å². The third-order valence-electron chi connectivity index (χ3n) is 2.46. The van der Waals surface area contributed by atoms with Gasteiger partial charge in [0.1, 0.15) is 12.7 Å². The van der Waals surface area contributed by atoms with Crippen LogP contribution >= 0.6 is 0 Å². The number of halogens is 1. The zero-order valence-corrected chi connectivity index (χ0v) is 11.6. The quantitative estimate of drug-likeness (QED) is 0.756. The van der Waals surface area contributed by atoms with Crippen molar-refractivity contribution < 1.29 is 19.0 Å². The Morgan fingerprint density at radius 1 is 1.32 bits per heavy atom. The minimum absolute atomic E-state index is 0.00433. The van der Waals surface area contributed by atoms with Crippen LogP contribution in [0.1, 0.15) is 19.4 Å². The summed E-state index contributed by atoms with van der Waals surface area (Å²) in [5, 5.41) is 12.6. The molecule has 0 bridgehead atoms. The molecule has 4 nitrogen and oxygen atoms in total. The van der Waals surface area contributed by atoms with Crippen LogP contribution in [0.4, 0.5) is 4.39 Å². The monoisotopic (exact) mass is 271 g/mol. The van der Waals surface area contributed by atoms with Crippen molar-refractivity contribution in [3.05, 3.63) is 29.6 Å². The van der Waals surface area contributed by atoms with Crippen molar-refractivity contribution in [2.24, 2.45) is 0 Å². The summed E-state index contributed by atoms with van der Waals surface area (Å²) in [6.45, 7) is 4.45. The summed E-state index contributed by atoms with van der Waals surface area (Å²) in [5.74, 6) is -0.245. The molecule has 0 fully saturated rings. The molecule has 1 aromatic carbocycles. The van der Waals surface area contributed by atoms with Gasteiger partial charge in [-0.1, -0.05) is 12.1 Å². The van der Waals surface area contributed by atoms with Gasteiger partial charge in [-0.2, -0.15) is 0 Å². The second-order valence-electron chi connectivity index (χ2n) is 4.61. The molecule has 19 heavy (non-hydrogen) atoms. The maximum Gasteiger partial charge on any atom is 0.165 e. The Hall–Kier alpha value is -1.17. The fourth-order valence-electron chi connectivity index (χ4n) is 1.58. The van der Waals surface area contributed by atoms with E-state index in [1.54, 1.807) is 19.2 Å². The predicted octanol–water partition coefficient (Wildman–Crippen LogP) is 1.71. The van der Waals surface area contributed by atoms with Gasteiger partial charge in [-0.15, -0.1) is 0 Å². The minimum atomic E-state index is -0.774. The summed E-state index contributed by atoms with van der Waals surface area (Å²) in [7, 11) is 1.78. The number of aliphatic hydroxyl groups is 1. The first kappa shape index (κ1) is 15.9. The van der Waals surface area contributed by atoms with E-state index in [2.05, 4.69) is 5.32 Å². The molecule has 0 spiro atoms. The molecule has 0 heterocycles. The van der Waals surface area contributed by atoms with Gasteiger partial charge in [-0.05, 0) is 27.0 Å². The Bertz CT molecular complexity index is 385.